The van der Waals surface area contributed by atoms with Crippen molar-refractivity contribution in [2.24, 2.45) is 10.8 Å². The molecule has 0 unspecified atom stereocenters. The molecule has 1 aliphatic rings. The number of nitrogens with one attached hydrogen (secondary N) is 1. The van der Waals surface area contributed by atoms with Crippen molar-refractivity contribution in [1.29, 1.82) is 0 Å². The molecule has 1 fully saturated rings. The molecule has 0 aliphatic heterocycles. The Bertz CT molecular complexity index is 939. The molecule has 0 heterocycles. The standard InChI is InChI=1S/C25H36BrNO3S.C4H8O2/c1-8-30-20(13-21(28)29-6)22(26)23(31-7)17-10-9-11-18(12-17)27-19-14-24(2,3)16-25(4,5)15-19;1-4(2)6-3-5/h9-13,19,27H,8,14-16H2,1-7H3;3-4H,1-2H3/b20-13-,23-22+;. The Labute approximate surface area is 236 Å². The third kappa shape index (κ3) is 12.0. The summed E-state index contributed by atoms with van der Waals surface area (Å²) in [5.74, 6) is 0.0200. The maximum Gasteiger partial charge on any atom is 0.334 e. The van der Waals surface area contributed by atoms with E-state index in [1.54, 1.807) is 25.6 Å². The molecule has 8 heteroatoms. The van der Waals surface area contributed by atoms with Crippen molar-refractivity contribution in [1.82, 2.24) is 0 Å². The summed E-state index contributed by atoms with van der Waals surface area (Å²) in [4.78, 5) is 22.2. The lowest BCUT2D eigenvalue weighted by Gasteiger charge is -2.45. The van der Waals surface area contributed by atoms with Crippen LogP contribution in [-0.4, -0.2) is 44.6 Å². The van der Waals surface area contributed by atoms with Gasteiger partial charge in [0.05, 0.1) is 30.4 Å². The van der Waals surface area contributed by atoms with E-state index >= 15 is 0 Å². The molecule has 208 valence electrons. The van der Waals surface area contributed by atoms with Gasteiger partial charge in [-0.05, 0) is 90.7 Å². The highest BCUT2D eigenvalue weighted by atomic mass is 79.9. The number of esters is 1. The summed E-state index contributed by atoms with van der Waals surface area (Å²) in [5.41, 5.74) is 2.83. The normalized spacial score (nSPS) is 17.6. The molecule has 0 spiro atoms. The third-order valence-electron chi connectivity index (χ3n) is 5.75. The molecule has 0 bridgehead atoms. The zero-order valence-corrected chi connectivity index (χ0v) is 26.2. The predicted octanol–water partition coefficient (Wildman–Crippen LogP) is 7.79. The number of allylic oxidation sites excluding steroid dienone is 1. The fourth-order valence-electron chi connectivity index (χ4n) is 4.98. The Balaban J connectivity index is 0.00000102. The van der Waals surface area contributed by atoms with Crippen LogP contribution in [0.5, 0.6) is 0 Å². The van der Waals surface area contributed by atoms with Gasteiger partial charge in [-0.25, -0.2) is 4.79 Å². The highest BCUT2D eigenvalue weighted by molar-refractivity contribution is 9.12. The molecule has 0 saturated heterocycles. The Morgan fingerprint density at radius 3 is 2.30 bits per heavy atom. The maximum atomic E-state index is 11.8. The second-order valence-corrected chi connectivity index (χ2v) is 12.5. The smallest absolute Gasteiger partial charge is 0.334 e. The van der Waals surface area contributed by atoms with E-state index < -0.39 is 5.97 Å². The summed E-state index contributed by atoms with van der Waals surface area (Å²) in [5, 5.41) is 3.78. The number of carbonyl (C=O) groups excluding carboxylic acids is 2. The Kier molecular flexibility index (Phi) is 13.8. The number of rotatable bonds is 10. The van der Waals surface area contributed by atoms with Crippen LogP contribution in [0.1, 0.15) is 73.3 Å². The molecule has 1 N–H and O–H groups in total. The van der Waals surface area contributed by atoms with Crippen LogP contribution < -0.4 is 5.32 Å². The van der Waals surface area contributed by atoms with Crippen molar-refractivity contribution in [3.63, 3.8) is 0 Å². The first-order valence-electron chi connectivity index (χ1n) is 12.6. The molecule has 0 amide bonds. The van der Waals surface area contributed by atoms with E-state index in [1.165, 1.54) is 19.6 Å². The molecular formula is C29H44BrNO5S. The van der Waals surface area contributed by atoms with Gasteiger partial charge in [-0.2, -0.15) is 0 Å². The van der Waals surface area contributed by atoms with Crippen LogP contribution in [0.2, 0.25) is 0 Å². The number of methoxy groups -OCH3 is 1. The number of hydrogen-bond acceptors (Lipinski definition) is 7. The summed E-state index contributed by atoms with van der Waals surface area (Å²) in [6.45, 7) is 15.9. The van der Waals surface area contributed by atoms with E-state index in [0.29, 0.717) is 35.7 Å². The van der Waals surface area contributed by atoms with Gasteiger partial charge >= 0.3 is 5.97 Å². The molecular weight excluding hydrogens is 554 g/mol. The van der Waals surface area contributed by atoms with E-state index in [2.05, 4.69) is 77.9 Å². The van der Waals surface area contributed by atoms with Gasteiger partial charge in [-0.1, -0.05) is 39.8 Å². The lowest BCUT2D eigenvalue weighted by molar-refractivity contribution is -0.135. The summed E-state index contributed by atoms with van der Waals surface area (Å²) in [6.07, 6.45) is 6.99. The molecule has 0 radical (unpaired) electrons. The predicted molar refractivity (Wildman–Crippen MR) is 159 cm³/mol. The van der Waals surface area contributed by atoms with E-state index in [1.807, 2.05) is 13.2 Å². The molecule has 1 aromatic rings. The lowest BCUT2D eigenvalue weighted by Crippen LogP contribution is -2.40. The molecule has 1 aromatic carbocycles. The van der Waals surface area contributed by atoms with Gasteiger partial charge in [0.25, 0.3) is 6.47 Å². The van der Waals surface area contributed by atoms with Gasteiger partial charge in [-0.3, -0.25) is 4.79 Å². The fourth-order valence-corrected chi connectivity index (χ4v) is 6.57. The number of benzene rings is 1. The number of anilines is 1. The minimum Gasteiger partial charge on any atom is -0.492 e. The van der Waals surface area contributed by atoms with Crippen LogP contribution in [0.4, 0.5) is 5.69 Å². The maximum absolute atomic E-state index is 11.8. The van der Waals surface area contributed by atoms with Crippen molar-refractivity contribution in [3.8, 4) is 0 Å². The SMILES string of the molecule is CC(C)OC=O.CCOC(=C\C(=O)OC)/C(Br)=C(\SC)c1cccc(NC2CC(C)(C)CC(C)(C)C2)c1. The van der Waals surface area contributed by atoms with Crippen molar-refractivity contribution in [3.05, 3.63) is 46.1 Å². The van der Waals surface area contributed by atoms with Crippen molar-refractivity contribution >= 4 is 50.7 Å². The Morgan fingerprint density at radius 2 is 1.84 bits per heavy atom. The lowest BCUT2D eigenvalue weighted by atomic mass is 9.63. The van der Waals surface area contributed by atoms with E-state index in [9.17, 15) is 9.59 Å². The van der Waals surface area contributed by atoms with Crippen LogP contribution in [0, 0.1) is 10.8 Å². The Hall–Kier alpha value is -1.93. The van der Waals surface area contributed by atoms with Gasteiger partial charge in [-0.15, -0.1) is 11.8 Å². The molecule has 6 nitrogen and oxygen atoms in total. The first-order chi connectivity index (χ1) is 17.3. The van der Waals surface area contributed by atoms with Gasteiger partial charge in [0.15, 0.2) is 0 Å². The van der Waals surface area contributed by atoms with Gasteiger partial charge < -0.3 is 19.5 Å². The first-order valence-corrected chi connectivity index (χ1v) is 14.6. The number of carbonyl (C=O) groups is 2. The average Bonchev–Trinajstić information content (AvgIpc) is 2.77. The van der Waals surface area contributed by atoms with Crippen LogP contribution in [0.3, 0.4) is 0 Å². The summed E-state index contributed by atoms with van der Waals surface area (Å²) in [7, 11) is 1.36. The van der Waals surface area contributed by atoms with Crippen molar-refractivity contribution < 1.29 is 23.8 Å². The molecule has 2 rings (SSSR count). The molecule has 1 saturated carbocycles. The summed E-state index contributed by atoms with van der Waals surface area (Å²) >= 11 is 5.26. The van der Waals surface area contributed by atoms with E-state index in [0.717, 1.165) is 33.5 Å². The average molecular weight is 599 g/mol. The summed E-state index contributed by atoms with van der Waals surface area (Å²) in [6, 6.07) is 8.88. The zero-order valence-electron chi connectivity index (χ0n) is 23.8. The third-order valence-corrected chi connectivity index (χ3v) is 7.65. The molecule has 0 aromatic heterocycles. The monoisotopic (exact) mass is 597 g/mol. The zero-order chi connectivity index (χ0) is 28.2. The van der Waals surface area contributed by atoms with Crippen LogP contribution in [0.15, 0.2) is 40.6 Å². The van der Waals surface area contributed by atoms with Gasteiger partial charge in [0.1, 0.15) is 5.76 Å². The number of ether oxygens (including phenoxy) is 3. The largest absolute Gasteiger partial charge is 0.492 e. The van der Waals surface area contributed by atoms with Crippen LogP contribution in [-0.2, 0) is 23.8 Å². The van der Waals surface area contributed by atoms with Crippen molar-refractivity contribution in [2.45, 2.75) is 79.9 Å². The van der Waals surface area contributed by atoms with Crippen molar-refractivity contribution in [2.75, 3.05) is 25.3 Å². The quantitative estimate of drug-likeness (QED) is 0.0969. The topological polar surface area (TPSA) is 73.9 Å². The molecule has 1 aliphatic carbocycles. The highest BCUT2D eigenvalue weighted by Crippen LogP contribution is 2.46. The fraction of sp³-hybridized carbons (Fsp3) is 0.586. The second-order valence-electron chi connectivity index (χ2n) is 10.9. The second kappa shape index (κ2) is 15.5. The highest BCUT2D eigenvalue weighted by Gasteiger charge is 2.38. The first kappa shape index (κ1) is 33.1. The Morgan fingerprint density at radius 1 is 1.22 bits per heavy atom. The molecule has 37 heavy (non-hydrogen) atoms. The van der Waals surface area contributed by atoms with Gasteiger partial charge in [0, 0.05) is 16.6 Å². The van der Waals surface area contributed by atoms with Crippen LogP contribution >= 0.6 is 27.7 Å². The van der Waals surface area contributed by atoms with Crippen LogP contribution in [0.25, 0.3) is 4.91 Å². The number of hydrogen-bond donors (Lipinski definition) is 1. The van der Waals surface area contributed by atoms with Gasteiger partial charge in [0.2, 0.25) is 0 Å². The summed E-state index contributed by atoms with van der Waals surface area (Å²) < 4.78 is 15.6. The molecule has 0 atom stereocenters. The minimum absolute atomic E-state index is 0.0301. The minimum atomic E-state index is -0.446. The van der Waals surface area contributed by atoms with E-state index in [-0.39, 0.29) is 6.10 Å². The van der Waals surface area contributed by atoms with E-state index in [4.69, 9.17) is 9.47 Å². The number of halogens is 1. The number of thioether (sulfide) groups is 1.